The third-order valence-corrected chi connectivity index (χ3v) is 1.12. The van der Waals surface area contributed by atoms with Gasteiger partial charge < -0.3 is 0 Å². The van der Waals surface area contributed by atoms with Crippen LogP contribution in [0.25, 0.3) is 0 Å². The fourth-order valence-corrected chi connectivity index (χ4v) is 0.492. The number of aliphatic imine (C=N–C) groups is 2. The summed E-state index contributed by atoms with van der Waals surface area (Å²) in [5.74, 6) is 0. The molecule has 0 bridgehead atoms. The predicted octanol–water partition coefficient (Wildman–Crippen LogP) is 1.38. The van der Waals surface area contributed by atoms with Crippen molar-refractivity contribution in [3.05, 3.63) is 12.2 Å². The Kier molecular flexibility index (Phi) is 1.44. The molecular weight excluding hydrogens is 140 g/mol. The highest BCUT2D eigenvalue weighted by Gasteiger charge is 2.06. The molecule has 46 valence electrons. The molecule has 2 amide bonds. The summed E-state index contributed by atoms with van der Waals surface area (Å²) in [6.45, 7) is 3.47. The number of nitrogens with zero attached hydrogens (tertiary/aromatic N) is 2. The van der Waals surface area contributed by atoms with Crippen molar-refractivity contribution in [3.8, 4) is 0 Å². The van der Waals surface area contributed by atoms with Crippen molar-refractivity contribution < 1.29 is 4.79 Å². The number of allylic oxidation sites excluding steroid dienone is 1. The molecule has 0 atom stereocenters. The van der Waals surface area contributed by atoms with Crippen LogP contribution in [-0.2, 0) is 0 Å². The van der Waals surface area contributed by atoms with E-state index in [1.165, 1.54) is 6.21 Å². The first-order valence-electron chi connectivity index (χ1n) is 2.21. The third kappa shape index (κ3) is 1.23. The first-order chi connectivity index (χ1) is 4.20. The molecule has 0 aromatic heterocycles. The van der Waals surface area contributed by atoms with Crippen LogP contribution in [0.3, 0.4) is 0 Å². The average Bonchev–Trinajstić information content (AvgIpc) is 1.80. The highest BCUT2D eigenvalue weighted by Crippen LogP contribution is 2.03. The maximum atomic E-state index is 10.3. The van der Waals surface area contributed by atoms with Gasteiger partial charge in [-0.05, 0) is 0 Å². The molecule has 0 aromatic carbocycles. The SMILES string of the molecule is C=C1C=NC(=O)N=C1Cl. The molecule has 0 aliphatic carbocycles. The molecule has 0 N–H and O–H groups in total. The van der Waals surface area contributed by atoms with Gasteiger partial charge in [0.25, 0.3) is 0 Å². The van der Waals surface area contributed by atoms with Crippen LogP contribution in [0, 0.1) is 0 Å². The van der Waals surface area contributed by atoms with Gasteiger partial charge in [-0.25, -0.2) is 4.79 Å². The van der Waals surface area contributed by atoms with Crippen LogP contribution in [0.5, 0.6) is 0 Å². The molecule has 0 unspecified atom stereocenters. The van der Waals surface area contributed by atoms with Gasteiger partial charge >= 0.3 is 6.03 Å². The van der Waals surface area contributed by atoms with Crippen molar-refractivity contribution in [2.24, 2.45) is 9.98 Å². The standard InChI is InChI=1S/C5H3ClN2O/c1-3-2-7-5(9)8-4(3)6/h2H,1H2. The second kappa shape index (κ2) is 2.11. The van der Waals surface area contributed by atoms with Crippen LogP contribution in [-0.4, -0.2) is 17.4 Å². The van der Waals surface area contributed by atoms with E-state index in [1.54, 1.807) is 0 Å². The topological polar surface area (TPSA) is 41.8 Å². The molecule has 0 saturated carbocycles. The zero-order valence-corrected chi connectivity index (χ0v) is 5.22. The molecule has 3 nitrogen and oxygen atoms in total. The smallest absolute Gasteiger partial charge is 0.244 e. The van der Waals surface area contributed by atoms with E-state index >= 15 is 0 Å². The lowest BCUT2D eigenvalue weighted by Gasteiger charge is -1.97. The summed E-state index contributed by atoms with van der Waals surface area (Å²) in [6.07, 6.45) is 1.29. The van der Waals surface area contributed by atoms with Crippen LogP contribution in [0.4, 0.5) is 4.79 Å². The Hall–Kier alpha value is -0.960. The Morgan fingerprint density at radius 1 is 1.67 bits per heavy atom. The minimum Gasteiger partial charge on any atom is -0.244 e. The summed E-state index contributed by atoms with van der Waals surface area (Å²) in [5, 5.41) is 0.120. The minimum absolute atomic E-state index is 0.120. The highest BCUT2D eigenvalue weighted by atomic mass is 35.5. The van der Waals surface area contributed by atoms with Crippen molar-refractivity contribution in [1.29, 1.82) is 0 Å². The van der Waals surface area contributed by atoms with Crippen molar-refractivity contribution >= 4 is 29.0 Å². The van der Waals surface area contributed by atoms with Crippen molar-refractivity contribution in [2.75, 3.05) is 0 Å². The molecule has 1 rings (SSSR count). The van der Waals surface area contributed by atoms with Gasteiger partial charge in [0.15, 0.2) is 0 Å². The lowest BCUT2D eigenvalue weighted by molar-refractivity contribution is 0.257. The van der Waals surface area contributed by atoms with Gasteiger partial charge in [-0.1, -0.05) is 18.2 Å². The fourth-order valence-electron chi connectivity index (χ4n) is 0.371. The maximum Gasteiger partial charge on any atom is 0.368 e. The highest BCUT2D eigenvalue weighted by molar-refractivity contribution is 6.72. The van der Waals surface area contributed by atoms with E-state index in [0.29, 0.717) is 5.57 Å². The molecule has 1 aliphatic rings. The van der Waals surface area contributed by atoms with E-state index < -0.39 is 6.03 Å². The van der Waals surface area contributed by atoms with E-state index in [-0.39, 0.29) is 5.17 Å². The van der Waals surface area contributed by atoms with Crippen molar-refractivity contribution in [3.63, 3.8) is 0 Å². The van der Waals surface area contributed by atoms with Crippen LogP contribution < -0.4 is 0 Å². The zero-order chi connectivity index (χ0) is 6.85. The van der Waals surface area contributed by atoms with Gasteiger partial charge in [0.2, 0.25) is 0 Å². The number of carbonyl (C=O) groups is 1. The number of urea groups is 1. The number of rotatable bonds is 0. The van der Waals surface area contributed by atoms with Gasteiger partial charge in [-0.15, -0.1) is 0 Å². The Bertz CT molecular complexity index is 229. The molecule has 0 aromatic rings. The number of hydrogen-bond donors (Lipinski definition) is 0. The monoisotopic (exact) mass is 142 g/mol. The summed E-state index contributed by atoms with van der Waals surface area (Å²) in [5.41, 5.74) is 0.469. The fraction of sp³-hybridized carbons (Fsp3) is 0. The van der Waals surface area contributed by atoms with E-state index in [0.717, 1.165) is 0 Å². The lowest BCUT2D eigenvalue weighted by atomic mass is 10.3. The summed E-state index contributed by atoms with van der Waals surface area (Å²) in [4.78, 5) is 16.9. The molecule has 0 spiro atoms. The van der Waals surface area contributed by atoms with Crippen LogP contribution in [0.1, 0.15) is 0 Å². The molecule has 4 heteroatoms. The quantitative estimate of drug-likeness (QED) is 0.504. The lowest BCUT2D eigenvalue weighted by Crippen LogP contribution is -2.04. The first kappa shape index (κ1) is 6.16. The molecule has 9 heavy (non-hydrogen) atoms. The molecule has 1 aliphatic heterocycles. The van der Waals surface area contributed by atoms with E-state index in [4.69, 9.17) is 11.6 Å². The molecule has 1 heterocycles. The largest absolute Gasteiger partial charge is 0.368 e. The average molecular weight is 143 g/mol. The number of amides is 2. The molecule has 0 fully saturated rings. The molecule has 0 saturated heterocycles. The second-order valence-corrected chi connectivity index (χ2v) is 1.83. The Balaban J connectivity index is 2.95. The van der Waals surface area contributed by atoms with Crippen LogP contribution >= 0.6 is 11.6 Å². The summed E-state index contributed by atoms with van der Waals surface area (Å²) < 4.78 is 0. The Morgan fingerprint density at radius 3 is 2.78 bits per heavy atom. The third-order valence-electron chi connectivity index (χ3n) is 0.790. The normalized spacial score (nSPS) is 18.1. The minimum atomic E-state index is -0.576. The molecule has 0 radical (unpaired) electrons. The summed E-state index contributed by atoms with van der Waals surface area (Å²) in [6, 6.07) is -0.576. The van der Waals surface area contributed by atoms with Gasteiger partial charge in [0.1, 0.15) is 5.17 Å². The number of hydrogen-bond acceptors (Lipinski definition) is 1. The van der Waals surface area contributed by atoms with E-state index in [1.807, 2.05) is 0 Å². The predicted molar refractivity (Wildman–Crippen MR) is 36.3 cm³/mol. The van der Waals surface area contributed by atoms with Crippen molar-refractivity contribution in [1.82, 2.24) is 0 Å². The van der Waals surface area contributed by atoms with Gasteiger partial charge in [0, 0.05) is 11.8 Å². The maximum absolute atomic E-state index is 10.3. The zero-order valence-electron chi connectivity index (χ0n) is 4.47. The van der Waals surface area contributed by atoms with Crippen LogP contribution in [0.2, 0.25) is 0 Å². The Labute approximate surface area is 56.8 Å². The van der Waals surface area contributed by atoms with Crippen LogP contribution in [0.15, 0.2) is 22.1 Å². The van der Waals surface area contributed by atoms with Gasteiger partial charge in [0.05, 0.1) is 0 Å². The number of carbonyl (C=O) groups excluding carboxylic acids is 1. The van der Waals surface area contributed by atoms with Gasteiger partial charge in [-0.3, -0.25) is 0 Å². The Morgan fingerprint density at radius 2 is 2.33 bits per heavy atom. The van der Waals surface area contributed by atoms with E-state index in [9.17, 15) is 4.79 Å². The number of halogens is 1. The summed E-state index contributed by atoms with van der Waals surface area (Å²) >= 11 is 5.40. The first-order valence-corrected chi connectivity index (χ1v) is 2.59. The van der Waals surface area contributed by atoms with Crippen molar-refractivity contribution in [2.45, 2.75) is 0 Å². The van der Waals surface area contributed by atoms with Gasteiger partial charge in [-0.2, -0.15) is 9.98 Å². The van der Waals surface area contributed by atoms with E-state index in [2.05, 4.69) is 16.6 Å². The second-order valence-electron chi connectivity index (χ2n) is 1.47. The summed E-state index contributed by atoms with van der Waals surface area (Å²) in [7, 11) is 0. The molecular formula is C5H3ClN2O.